The van der Waals surface area contributed by atoms with Crippen LogP contribution in [0.25, 0.3) is 0 Å². The molecule has 0 amide bonds. The van der Waals surface area contributed by atoms with E-state index in [1.807, 2.05) is 12.3 Å². The van der Waals surface area contributed by atoms with E-state index < -0.39 is 0 Å². The summed E-state index contributed by atoms with van der Waals surface area (Å²) in [4.78, 5) is 4.58. The third-order valence-electron chi connectivity index (χ3n) is 3.95. The number of aryl methyl sites for hydroxylation is 1. The van der Waals surface area contributed by atoms with E-state index in [4.69, 9.17) is 0 Å². The molecular formula is C17H20N2. The Bertz CT molecular complexity index is 536. The average Bonchev–Trinajstić information content (AvgIpc) is 2.48. The quantitative estimate of drug-likeness (QED) is 0.898. The maximum Gasteiger partial charge on any atom is 0.0605 e. The number of nitrogens with zero attached hydrogens (tertiary/aromatic N) is 1. The zero-order valence-corrected chi connectivity index (χ0v) is 11.3. The van der Waals surface area contributed by atoms with Crippen molar-refractivity contribution in [2.24, 2.45) is 0 Å². The van der Waals surface area contributed by atoms with Gasteiger partial charge in [0.25, 0.3) is 0 Å². The minimum atomic E-state index is 0.360. The number of benzene rings is 1. The highest BCUT2D eigenvalue weighted by Gasteiger charge is 2.22. The highest BCUT2D eigenvalue weighted by molar-refractivity contribution is 5.26. The van der Waals surface area contributed by atoms with Crippen LogP contribution in [-0.4, -0.2) is 4.98 Å². The summed E-state index contributed by atoms with van der Waals surface area (Å²) in [6, 6.07) is 15.6. The molecule has 0 saturated heterocycles. The van der Waals surface area contributed by atoms with Crippen molar-refractivity contribution < 1.29 is 0 Å². The molecule has 0 radical (unpaired) electrons. The summed E-state index contributed by atoms with van der Waals surface area (Å²) in [6.07, 6.45) is 5.51. The van der Waals surface area contributed by atoms with Gasteiger partial charge in [0.2, 0.25) is 0 Å². The Morgan fingerprint density at radius 3 is 2.84 bits per heavy atom. The fourth-order valence-electron chi connectivity index (χ4n) is 2.91. The van der Waals surface area contributed by atoms with E-state index in [0.29, 0.717) is 12.1 Å². The molecule has 3 rings (SSSR count). The highest BCUT2D eigenvalue weighted by atomic mass is 15.0. The molecule has 0 aliphatic heterocycles. The smallest absolute Gasteiger partial charge is 0.0605 e. The second-order valence-corrected chi connectivity index (χ2v) is 5.29. The summed E-state index contributed by atoms with van der Waals surface area (Å²) < 4.78 is 0. The number of pyridine rings is 1. The summed E-state index contributed by atoms with van der Waals surface area (Å²) in [7, 11) is 0. The summed E-state index contributed by atoms with van der Waals surface area (Å²) in [5.74, 6) is 0. The average molecular weight is 252 g/mol. The van der Waals surface area contributed by atoms with Crippen LogP contribution in [0.1, 0.15) is 48.7 Å². The van der Waals surface area contributed by atoms with E-state index in [1.165, 1.54) is 36.1 Å². The molecule has 1 aliphatic carbocycles. The zero-order valence-electron chi connectivity index (χ0n) is 11.3. The molecule has 98 valence electrons. The van der Waals surface area contributed by atoms with Crippen molar-refractivity contribution in [1.29, 1.82) is 0 Å². The van der Waals surface area contributed by atoms with Crippen molar-refractivity contribution in [3.8, 4) is 0 Å². The number of hydrogen-bond donors (Lipinski definition) is 1. The largest absolute Gasteiger partial charge is 0.302 e. The molecule has 0 spiro atoms. The van der Waals surface area contributed by atoms with E-state index in [9.17, 15) is 0 Å². The van der Waals surface area contributed by atoms with Crippen LogP contribution in [0, 0.1) is 0 Å². The monoisotopic (exact) mass is 252 g/mol. The van der Waals surface area contributed by atoms with Gasteiger partial charge in [-0.05, 0) is 43.4 Å². The molecule has 2 atom stereocenters. The fourth-order valence-corrected chi connectivity index (χ4v) is 2.91. The standard InChI is InChI=1S/C17H20N2/c1-13(14-7-3-2-4-8-14)19-16-11-5-9-15-10-6-12-18-17(15)16/h2-4,6-8,10,12-13,16,19H,5,9,11H2,1H3/t13-,16-/m1/s1. The summed E-state index contributed by atoms with van der Waals surface area (Å²) in [5.41, 5.74) is 3.99. The van der Waals surface area contributed by atoms with Gasteiger partial charge in [-0.15, -0.1) is 0 Å². The number of aromatic nitrogens is 1. The first-order valence-electron chi connectivity index (χ1n) is 7.09. The van der Waals surface area contributed by atoms with Gasteiger partial charge in [-0.25, -0.2) is 0 Å². The third kappa shape index (κ3) is 2.69. The predicted molar refractivity (Wildman–Crippen MR) is 77.9 cm³/mol. The van der Waals surface area contributed by atoms with Gasteiger partial charge in [-0.3, -0.25) is 4.98 Å². The first kappa shape index (κ1) is 12.4. The molecule has 0 fully saturated rings. The normalized spacial score (nSPS) is 19.7. The summed E-state index contributed by atoms with van der Waals surface area (Å²) >= 11 is 0. The Morgan fingerprint density at radius 1 is 1.16 bits per heavy atom. The van der Waals surface area contributed by atoms with Crippen molar-refractivity contribution in [3.63, 3.8) is 0 Å². The molecule has 1 N–H and O–H groups in total. The second-order valence-electron chi connectivity index (χ2n) is 5.29. The zero-order chi connectivity index (χ0) is 13.1. The molecule has 0 saturated carbocycles. The SMILES string of the molecule is C[C@@H](N[C@@H]1CCCc2cccnc21)c1ccccc1. The molecule has 1 aliphatic rings. The Morgan fingerprint density at radius 2 is 2.00 bits per heavy atom. The Balaban J connectivity index is 1.78. The van der Waals surface area contributed by atoms with E-state index in [0.717, 1.165) is 0 Å². The molecule has 1 heterocycles. The first-order valence-corrected chi connectivity index (χ1v) is 7.09. The molecule has 1 aromatic carbocycles. The van der Waals surface area contributed by atoms with Crippen LogP contribution in [0.2, 0.25) is 0 Å². The Hall–Kier alpha value is -1.67. The lowest BCUT2D eigenvalue weighted by molar-refractivity contribution is 0.406. The molecule has 19 heavy (non-hydrogen) atoms. The van der Waals surface area contributed by atoms with Gasteiger partial charge in [0.1, 0.15) is 0 Å². The van der Waals surface area contributed by atoms with Gasteiger partial charge in [0, 0.05) is 12.2 Å². The maximum atomic E-state index is 4.58. The number of nitrogens with one attached hydrogen (secondary N) is 1. The van der Waals surface area contributed by atoms with Crippen LogP contribution < -0.4 is 5.32 Å². The second kappa shape index (κ2) is 5.54. The van der Waals surface area contributed by atoms with Crippen LogP contribution in [0.15, 0.2) is 48.7 Å². The Labute approximate surface area is 114 Å². The predicted octanol–water partition coefficient (Wildman–Crippen LogP) is 3.81. The molecule has 2 aromatic rings. The van der Waals surface area contributed by atoms with E-state index in [-0.39, 0.29) is 0 Å². The molecule has 0 unspecified atom stereocenters. The first-order chi connectivity index (χ1) is 9.34. The molecule has 2 nitrogen and oxygen atoms in total. The van der Waals surface area contributed by atoms with Crippen molar-refractivity contribution in [2.75, 3.05) is 0 Å². The van der Waals surface area contributed by atoms with Gasteiger partial charge in [0.05, 0.1) is 11.7 Å². The lowest BCUT2D eigenvalue weighted by Crippen LogP contribution is -2.28. The van der Waals surface area contributed by atoms with E-state index in [1.54, 1.807) is 0 Å². The van der Waals surface area contributed by atoms with Crippen LogP contribution in [0.5, 0.6) is 0 Å². The van der Waals surface area contributed by atoms with Crippen molar-refractivity contribution >= 4 is 0 Å². The van der Waals surface area contributed by atoms with Gasteiger partial charge < -0.3 is 5.32 Å². The van der Waals surface area contributed by atoms with Crippen molar-refractivity contribution in [3.05, 3.63) is 65.5 Å². The topological polar surface area (TPSA) is 24.9 Å². The minimum absolute atomic E-state index is 0.360. The molecule has 1 aromatic heterocycles. The number of hydrogen-bond acceptors (Lipinski definition) is 2. The van der Waals surface area contributed by atoms with Crippen molar-refractivity contribution in [1.82, 2.24) is 10.3 Å². The van der Waals surface area contributed by atoms with Gasteiger partial charge in [-0.2, -0.15) is 0 Å². The lowest BCUT2D eigenvalue weighted by Gasteiger charge is -2.28. The van der Waals surface area contributed by atoms with Crippen LogP contribution in [-0.2, 0) is 6.42 Å². The molecular weight excluding hydrogens is 232 g/mol. The number of rotatable bonds is 3. The minimum Gasteiger partial charge on any atom is -0.302 e. The molecule has 0 bridgehead atoms. The Kier molecular flexibility index (Phi) is 3.60. The van der Waals surface area contributed by atoms with Gasteiger partial charge in [0.15, 0.2) is 0 Å². The van der Waals surface area contributed by atoms with E-state index >= 15 is 0 Å². The van der Waals surface area contributed by atoms with Gasteiger partial charge >= 0.3 is 0 Å². The summed E-state index contributed by atoms with van der Waals surface area (Å²) in [5, 5.41) is 3.73. The molecule has 2 heteroatoms. The number of fused-ring (bicyclic) bond motifs is 1. The fraction of sp³-hybridized carbons (Fsp3) is 0.353. The van der Waals surface area contributed by atoms with Crippen LogP contribution >= 0.6 is 0 Å². The van der Waals surface area contributed by atoms with Crippen molar-refractivity contribution in [2.45, 2.75) is 38.3 Å². The third-order valence-corrected chi connectivity index (χ3v) is 3.95. The van der Waals surface area contributed by atoms with Crippen LogP contribution in [0.3, 0.4) is 0 Å². The lowest BCUT2D eigenvalue weighted by atomic mass is 9.91. The van der Waals surface area contributed by atoms with Gasteiger partial charge in [-0.1, -0.05) is 36.4 Å². The van der Waals surface area contributed by atoms with Crippen LogP contribution in [0.4, 0.5) is 0 Å². The maximum absolute atomic E-state index is 4.58. The highest BCUT2D eigenvalue weighted by Crippen LogP contribution is 2.29. The summed E-state index contributed by atoms with van der Waals surface area (Å²) in [6.45, 7) is 2.23. The van der Waals surface area contributed by atoms with E-state index in [2.05, 4.69) is 53.6 Å².